The standard InChI is InChI=1S/C22H24BrNO5/c1-5-29-22(27)17-12(3)24-15-9-11(2)16(21(26)28-4)20(25)19(15)18(17)13-7-6-8-14(23)10-13/h6-8,10-11,16,18,24H,5,9H2,1-4H3/t11-,16-,18-/m0/s1. The summed E-state index contributed by atoms with van der Waals surface area (Å²) in [5, 5.41) is 3.23. The lowest BCUT2D eigenvalue weighted by molar-refractivity contribution is -0.151. The van der Waals surface area contributed by atoms with Crippen LogP contribution in [0.5, 0.6) is 0 Å². The average Bonchev–Trinajstić information content (AvgIpc) is 2.66. The molecule has 7 heteroatoms. The highest BCUT2D eigenvalue weighted by Crippen LogP contribution is 2.45. The normalized spacial score (nSPS) is 24.0. The van der Waals surface area contributed by atoms with Crippen LogP contribution in [0.25, 0.3) is 0 Å². The monoisotopic (exact) mass is 461 g/mol. The summed E-state index contributed by atoms with van der Waals surface area (Å²) in [6.45, 7) is 5.63. The first kappa shape index (κ1) is 21.3. The topological polar surface area (TPSA) is 81.7 Å². The number of dihydropyridines is 1. The zero-order valence-corrected chi connectivity index (χ0v) is 18.5. The first-order valence-electron chi connectivity index (χ1n) is 9.55. The lowest BCUT2D eigenvalue weighted by atomic mass is 9.69. The van der Waals surface area contributed by atoms with Gasteiger partial charge in [0.2, 0.25) is 0 Å². The van der Waals surface area contributed by atoms with E-state index in [2.05, 4.69) is 21.2 Å². The molecule has 0 amide bonds. The van der Waals surface area contributed by atoms with Gasteiger partial charge < -0.3 is 14.8 Å². The van der Waals surface area contributed by atoms with Crippen molar-refractivity contribution in [2.24, 2.45) is 11.8 Å². The predicted octanol–water partition coefficient (Wildman–Crippen LogP) is 3.63. The highest BCUT2D eigenvalue weighted by molar-refractivity contribution is 9.10. The van der Waals surface area contributed by atoms with Crippen molar-refractivity contribution < 1.29 is 23.9 Å². The van der Waals surface area contributed by atoms with Crippen LogP contribution in [0.1, 0.15) is 38.7 Å². The zero-order valence-electron chi connectivity index (χ0n) is 16.9. The third kappa shape index (κ3) is 3.88. The molecule has 1 heterocycles. The van der Waals surface area contributed by atoms with Gasteiger partial charge in [-0.3, -0.25) is 9.59 Å². The van der Waals surface area contributed by atoms with Crippen molar-refractivity contribution in [3.63, 3.8) is 0 Å². The number of nitrogens with one attached hydrogen (secondary N) is 1. The summed E-state index contributed by atoms with van der Waals surface area (Å²) in [4.78, 5) is 38.7. The maximum absolute atomic E-state index is 13.5. The molecule has 0 spiro atoms. The predicted molar refractivity (Wildman–Crippen MR) is 111 cm³/mol. The van der Waals surface area contributed by atoms with Gasteiger partial charge in [-0.2, -0.15) is 0 Å². The van der Waals surface area contributed by atoms with Crippen LogP contribution in [-0.4, -0.2) is 31.4 Å². The number of benzene rings is 1. The van der Waals surface area contributed by atoms with Gasteiger partial charge in [-0.05, 0) is 43.9 Å². The average molecular weight is 462 g/mol. The molecule has 0 radical (unpaired) electrons. The van der Waals surface area contributed by atoms with E-state index in [-0.39, 0.29) is 18.3 Å². The van der Waals surface area contributed by atoms with Gasteiger partial charge in [-0.25, -0.2) is 4.79 Å². The van der Waals surface area contributed by atoms with Crippen LogP contribution in [0, 0.1) is 11.8 Å². The van der Waals surface area contributed by atoms with Gasteiger partial charge in [0.15, 0.2) is 5.78 Å². The van der Waals surface area contributed by atoms with Crippen molar-refractivity contribution in [1.82, 2.24) is 5.32 Å². The molecule has 6 nitrogen and oxygen atoms in total. The maximum atomic E-state index is 13.5. The zero-order chi connectivity index (χ0) is 21.3. The van der Waals surface area contributed by atoms with Crippen LogP contribution >= 0.6 is 15.9 Å². The molecule has 1 aromatic rings. The molecule has 0 unspecified atom stereocenters. The number of ether oxygens (including phenoxy) is 2. The van der Waals surface area contributed by atoms with E-state index < -0.39 is 23.8 Å². The van der Waals surface area contributed by atoms with E-state index in [9.17, 15) is 14.4 Å². The van der Waals surface area contributed by atoms with E-state index >= 15 is 0 Å². The number of halogens is 1. The Kier molecular flexibility index (Phi) is 6.27. The second kappa shape index (κ2) is 8.53. The molecule has 154 valence electrons. The Morgan fingerprint density at radius 1 is 1.31 bits per heavy atom. The largest absolute Gasteiger partial charge is 0.468 e. The molecule has 0 bridgehead atoms. The number of methoxy groups -OCH3 is 1. The van der Waals surface area contributed by atoms with E-state index in [0.717, 1.165) is 15.7 Å². The second-order valence-electron chi connectivity index (χ2n) is 7.31. The number of rotatable bonds is 4. The van der Waals surface area contributed by atoms with Crippen LogP contribution in [0.3, 0.4) is 0 Å². The number of carbonyl (C=O) groups is 3. The molecule has 1 N–H and O–H groups in total. The third-order valence-electron chi connectivity index (χ3n) is 5.42. The van der Waals surface area contributed by atoms with Gasteiger partial charge in [0, 0.05) is 27.4 Å². The highest BCUT2D eigenvalue weighted by atomic mass is 79.9. The fourth-order valence-corrected chi connectivity index (χ4v) is 4.60. The molecular weight excluding hydrogens is 438 g/mol. The number of Topliss-reactive ketones (excluding diaryl/α,β-unsaturated/α-hetero) is 1. The molecule has 29 heavy (non-hydrogen) atoms. The van der Waals surface area contributed by atoms with E-state index in [0.29, 0.717) is 23.3 Å². The Morgan fingerprint density at radius 3 is 2.66 bits per heavy atom. The maximum Gasteiger partial charge on any atom is 0.336 e. The van der Waals surface area contributed by atoms with Crippen molar-refractivity contribution in [3.8, 4) is 0 Å². The van der Waals surface area contributed by atoms with E-state index in [1.165, 1.54) is 7.11 Å². The SMILES string of the molecule is CCOC(=O)C1=C(C)NC2=C(C(=O)[C@@H](C(=O)OC)[C@@H](C)C2)[C@H]1c1cccc(Br)c1. The third-order valence-corrected chi connectivity index (χ3v) is 5.91. The lowest BCUT2D eigenvalue weighted by Gasteiger charge is -2.38. The van der Waals surface area contributed by atoms with Crippen molar-refractivity contribution >= 4 is 33.7 Å². The van der Waals surface area contributed by atoms with Gasteiger partial charge in [-0.1, -0.05) is 35.0 Å². The summed E-state index contributed by atoms with van der Waals surface area (Å²) in [6, 6.07) is 7.48. The molecule has 1 aliphatic carbocycles. The summed E-state index contributed by atoms with van der Waals surface area (Å²) in [7, 11) is 1.28. The minimum atomic E-state index is -0.892. The molecule has 0 saturated heterocycles. The summed E-state index contributed by atoms with van der Waals surface area (Å²) in [5.74, 6) is -3.05. The molecule has 1 aromatic carbocycles. The molecule has 2 aliphatic rings. The Labute approximate surface area is 178 Å². The van der Waals surface area contributed by atoms with Crippen LogP contribution < -0.4 is 5.32 Å². The number of hydrogen-bond acceptors (Lipinski definition) is 6. The van der Waals surface area contributed by atoms with Crippen molar-refractivity contribution in [2.75, 3.05) is 13.7 Å². The Morgan fingerprint density at radius 2 is 2.03 bits per heavy atom. The highest BCUT2D eigenvalue weighted by Gasteiger charge is 2.47. The lowest BCUT2D eigenvalue weighted by Crippen LogP contribution is -2.43. The Balaban J connectivity index is 2.19. The number of carbonyl (C=O) groups excluding carboxylic acids is 3. The van der Waals surface area contributed by atoms with Gasteiger partial charge >= 0.3 is 11.9 Å². The molecule has 3 rings (SSSR count). The smallest absolute Gasteiger partial charge is 0.336 e. The first-order chi connectivity index (χ1) is 13.8. The van der Waals surface area contributed by atoms with Gasteiger partial charge in [-0.15, -0.1) is 0 Å². The molecule has 0 fully saturated rings. The van der Waals surface area contributed by atoms with Gasteiger partial charge in [0.1, 0.15) is 5.92 Å². The molecule has 1 aliphatic heterocycles. The van der Waals surface area contributed by atoms with Crippen LogP contribution in [0.4, 0.5) is 0 Å². The van der Waals surface area contributed by atoms with Crippen LogP contribution in [0.2, 0.25) is 0 Å². The second-order valence-corrected chi connectivity index (χ2v) is 8.23. The summed E-state index contributed by atoms with van der Waals surface area (Å²) < 4.78 is 11.0. The van der Waals surface area contributed by atoms with Crippen molar-refractivity contribution in [2.45, 2.75) is 33.1 Å². The molecular formula is C22H24BrNO5. The number of ketones is 1. The van der Waals surface area contributed by atoms with Crippen LogP contribution in [-0.2, 0) is 23.9 Å². The van der Waals surface area contributed by atoms with E-state index in [1.807, 2.05) is 38.1 Å². The molecule has 3 atom stereocenters. The molecule has 0 saturated carbocycles. The fourth-order valence-electron chi connectivity index (χ4n) is 4.18. The van der Waals surface area contributed by atoms with Gasteiger partial charge in [0.25, 0.3) is 0 Å². The van der Waals surface area contributed by atoms with Gasteiger partial charge in [0.05, 0.1) is 19.3 Å². The van der Waals surface area contributed by atoms with Crippen molar-refractivity contribution in [1.29, 1.82) is 0 Å². The number of hydrogen-bond donors (Lipinski definition) is 1. The summed E-state index contributed by atoms with van der Waals surface area (Å²) >= 11 is 3.47. The Bertz CT molecular complexity index is 933. The quantitative estimate of drug-likeness (QED) is 0.544. The van der Waals surface area contributed by atoms with E-state index in [1.54, 1.807) is 6.92 Å². The first-order valence-corrected chi connectivity index (χ1v) is 10.3. The number of allylic oxidation sites excluding steroid dienone is 3. The minimum absolute atomic E-state index is 0.207. The summed E-state index contributed by atoms with van der Waals surface area (Å²) in [5.41, 5.74) is 3.00. The van der Waals surface area contributed by atoms with Crippen LogP contribution in [0.15, 0.2) is 51.3 Å². The van der Waals surface area contributed by atoms with E-state index in [4.69, 9.17) is 9.47 Å². The molecule has 0 aromatic heterocycles. The Hall–Kier alpha value is -2.41. The fraction of sp³-hybridized carbons (Fsp3) is 0.409. The summed E-state index contributed by atoms with van der Waals surface area (Å²) in [6.07, 6.45) is 0.513. The number of esters is 2. The van der Waals surface area contributed by atoms with Crippen molar-refractivity contribution in [3.05, 3.63) is 56.8 Å². The minimum Gasteiger partial charge on any atom is -0.468 e.